The summed E-state index contributed by atoms with van der Waals surface area (Å²) in [5.74, 6) is 0.498. The lowest BCUT2D eigenvalue weighted by molar-refractivity contribution is -0.892. The van der Waals surface area contributed by atoms with Crippen LogP contribution in [0.2, 0.25) is 0 Å². The number of non-ortho nitro benzene ring substituents is 1. The van der Waals surface area contributed by atoms with Gasteiger partial charge in [0.25, 0.3) is 11.6 Å². The molecule has 0 atom stereocenters. The molecule has 1 heterocycles. The van der Waals surface area contributed by atoms with E-state index in [1.54, 1.807) is 12.1 Å². The molecule has 0 aliphatic carbocycles. The van der Waals surface area contributed by atoms with Crippen molar-refractivity contribution in [1.29, 1.82) is 0 Å². The third kappa shape index (κ3) is 5.07. The normalized spacial score (nSPS) is 14.9. The van der Waals surface area contributed by atoms with E-state index in [0.717, 1.165) is 37.6 Å². The number of quaternary nitrogens is 1. The fourth-order valence-corrected chi connectivity index (χ4v) is 3.43. The largest absolute Gasteiger partial charge is 0.360 e. The smallest absolute Gasteiger partial charge is 0.279 e. The predicted molar refractivity (Wildman–Crippen MR) is 110 cm³/mol. The van der Waals surface area contributed by atoms with Gasteiger partial charge in [-0.15, -0.1) is 0 Å². The van der Waals surface area contributed by atoms with Gasteiger partial charge in [-0.05, 0) is 35.7 Å². The first-order valence-corrected chi connectivity index (χ1v) is 9.65. The Morgan fingerprint density at radius 1 is 1.11 bits per heavy atom. The molecule has 1 saturated heterocycles. The van der Waals surface area contributed by atoms with Gasteiger partial charge in [0.1, 0.15) is 0 Å². The Morgan fingerprint density at radius 3 is 2.25 bits per heavy atom. The number of rotatable bonds is 6. The Balaban J connectivity index is 1.47. The molecule has 28 heavy (non-hydrogen) atoms. The van der Waals surface area contributed by atoms with Crippen LogP contribution in [0.3, 0.4) is 0 Å². The highest BCUT2D eigenvalue weighted by Gasteiger charge is 2.22. The summed E-state index contributed by atoms with van der Waals surface area (Å²) in [6, 6.07) is 14.7. The molecule has 3 rings (SSSR count). The lowest BCUT2D eigenvalue weighted by Crippen LogP contribution is -3.15. The van der Waals surface area contributed by atoms with Crippen LogP contribution in [0.25, 0.3) is 0 Å². The number of piperazine rings is 1. The topological polar surface area (TPSA) is 79.9 Å². The van der Waals surface area contributed by atoms with Crippen molar-refractivity contribution in [2.45, 2.75) is 19.8 Å². The molecule has 7 nitrogen and oxygen atoms in total. The zero-order valence-electron chi connectivity index (χ0n) is 16.4. The predicted octanol–water partition coefficient (Wildman–Crippen LogP) is 2.06. The third-order valence-corrected chi connectivity index (χ3v) is 5.17. The van der Waals surface area contributed by atoms with E-state index in [2.05, 4.69) is 36.2 Å². The van der Waals surface area contributed by atoms with Crippen LogP contribution in [0.5, 0.6) is 0 Å². The summed E-state index contributed by atoms with van der Waals surface area (Å²) in [6.45, 7) is 8.10. The molecular weight excluding hydrogens is 356 g/mol. The summed E-state index contributed by atoms with van der Waals surface area (Å²) in [4.78, 5) is 26.2. The molecule has 0 bridgehead atoms. The molecule has 2 N–H and O–H groups in total. The maximum Gasteiger partial charge on any atom is 0.279 e. The van der Waals surface area contributed by atoms with E-state index in [0.29, 0.717) is 12.5 Å². The SMILES string of the molecule is CC(C)c1ccc(NC(=O)C[NH+]2CCN(c3ccc([N+](=O)[O-])cc3)CC2)cc1. The number of nitrogens with zero attached hydrogens (tertiary/aromatic N) is 2. The van der Waals surface area contributed by atoms with Crippen molar-refractivity contribution in [3.8, 4) is 0 Å². The number of carbonyl (C=O) groups is 1. The number of carbonyl (C=O) groups excluding carboxylic acids is 1. The monoisotopic (exact) mass is 383 g/mol. The van der Waals surface area contributed by atoms with E-state index in [-0.39, 0.29) is 16.5 Å². The van der Waals surface area contributed by atoms with Gasteiger partial charge in [-0.3, -0.25) is 14.9 Å². The lowest BCUT2D eigenvalue weighted by Gasteiger charge is -2.33. The highest BCUT2D eigenvalue weighted by molar-refractivity contribution is 5.91. The third-order valence-electron chi connectivity index (χ3n) is 5.17. The number of nitro benzene ring substituents is 1. The van der Waals surface area contributed by atoms with Gasteiger partial charge in [-0.25, -0.2) is 0 Å². The minimum Gasteiger partial charge on any atom is -0.360 e. The number of amides is 1. The van der Waals surface area contributed by atoms with Crippen LogP contribution in [0.1, 0.15) is 25.3 Å². The first-order valence-electron chi connectivity index (χ1n) is 9.65. The molecule has 1 amide bonds. The summed E-state index contributed by atoms with van der Waals surface area (Å²) in [5.41, 5.74) is 3.18. The minimum atomic E-state index is -0.388. The molecule has 1 aliphatic rings. The Hall–Kier alpha value is -2.93. The molecule has 1 aliphatic heterocycles. The van der Waals surface area contributed by atoms with E-state index in [4.69, 9.17) is 0 Å². The second-order valence-corrected chi connectivity index (χ2v) is 7.51. The van der Waals surface area contributed by atoms with E-state index >= 15 is 0 Å². The molecule has 7 heteroatoms. The van der Waals surface area contributed by atoms with E-state index in [1.807, 2.05) is 12.1 Å². The van der Waals surface area contributed by atoms with Crippen molar-refractivity contribution in [3.63, 3.8) is 0 Å². The lowest BCUT2D eigenvalue weighted by atomic mass is 10.0. The summed E-state index contributed by atoms with van der Waals surface area (Å²) < 4.78 is 0. The summed E-state index contributed by atoms with van der Waals surface area (Å²) in [7, 11) is 0. The zero-order valence-corrected chi connectivity index (χ0v) is 16.4. The molecule has 0 aromatic heterocycles. The summed E-state index contributed by atoms with van der Waals surface area (Å²) in [5, 5.41) is 13.7. The zero-order chi connectivity index (χ0) is 20.1. The van der Waals surface area contributed by atoms with Gasteiger partial charge in [0, 0.05) is 23.5 Å². The highest BCUT2D eigenvalue weighted by atomic mass is 16.6. The second-order valence-electron chi connectivity index (χ2n) is 7.51. The highest BCUT2D eigenvalue weighted by Crippen LogP contribution is 2.19. The average Bonchev–Trinajstić information content (AvgIpc) is 2.69. The fraction of sp³-hybridized carbons (Fsp3) is 0.381. The van der Waals surface area contributed by atoms with E-state index < -0.39 is 0 Å². The minimum absolute atomic E-state index is 0.0242. The fourth-order valence-electron chi connectivity index (χ4n) is 3.43. The molecule has 2 aromatic carbocycles. The standard InChI is InChI=1S/C21H26N4O3/c1-16(2)17-3-5-18(6-4-17)22-21(26)15-23-11-13-24(14-12-23)19-7-9-20(10-8-19)25(27)28/h3-10,16H,11-15H2,1-2H3,(H,22,26)/p+1. The van der Waals surface area contributed by atoms with Crippen LogP contribution in [0.15, 0.2) is 48.5 Å². The number of hydrogen-bond acceptors (Lipinski definition) is 4. The molecule has 148 valence electrons. The van der Waals surface area contributed by atoms with E-state index in [1.165, 1.54) is 22.6 Å². The van der Waals surface area contributed by atoms with Crippen molar-refractivity contribution < 1.29 is 14.6 Å². The van der Waals surface area contributed by atoms with Gasteiger partial charge in [0.15, 0.2) is 6.54 Å². The van der Waals surface area contributed by atoms with Gasteiger partial charge in [-0.1, -0.05) is 26.0 Å². The number of nitro groups is 1. The average molecular weight is 383 g/mol. The number of hydrogen-bond donors (Lipinski definition) is 2. The van der Waals surface area contributed by atoms with Gasteiger partial charge >= 0.3 is 0 Å². The van der Waals surface area contributed by atoms with Crippen LogP contribution in [-0.2, 0) is 4.79 Å². The van der Waals surface area contributed by atoms with Crippen molar-refractivity contribution in [1.82, 2.24) is 0 Å². The maximum absolute atomic E-state index is 12.3. The van der Waals surface area contributed by atoms with Crippen molar-refractivity contribution in [2.24, 2.45) is 0 Å². The second kappa shape index (κ2) is 8.84. The van der Waals surface area contributed by atoms with Crippen molar-refractivity contribution >= 4 is 23.0 Å². The first kappa shape index (κ1) is 19.8. The molecule has 0 saturated carbocycles. The maximum atomic E-state index is 12.3. The number of benzene rings is 2. The molecule has 0 radical (unpaired) electrons. The summed E-state index contributed by atoms with van der Waals surface area (Å²) in [6.07, 6.45) is 0. The van der Waals surface area contributed by atoms with Crippen LogP contribution in [0, 0.1) is 10.1 Å². The first-order chi connectivity index (χ1) is 13.4. The Morgan fingerprint density at radius 2 is 1.71 bits per heavy atom. The number of nitrogens with one attached hydrogen (secondary N) is 2. The van der Waals surface area contributed by atoms with Gasteiger partial charge in [0.2, 0.25) is 0 Å². The number of anilines is 2. The van der Waals surface area contributed by atoms with E-state index in [9.17, 15) is 14.9 Å². The van der Waals surface area contributed by atoms with Crippen LogP contribution >= 0.6 is 0 Å². The van der Waals surface area contributed by atoms with Crippen molar-refractivity contribution in [2.75, 3.05) is 42.9 Å². The van der Waals surface area contributed by atoms with Gasteiger partial charge in [-0.2, -0.15) is 0 Å². The molecule has 2 aromatic rings. The summed E-state index contributed by atoms with van der Waals surface area (Å²) >= 11 is 0. The molecule has 0 unspecified atom stereocenters. The molecule has 1 fully saturated rings. The Kier molecular flexibility index (Phi) is 6.26. The Bertz CT molecular complexity index is 811. The van der Waals surface area contributed by atoms with Crippen molar-refractivity contribution in [3.05, 3.63) is 64.2 Å². The Labute approximate surface area is 165 Å². The van der Waals surface area contributed by atoms with Crippen LogP contribution in [-0.4, -0.2) is 43.6 Å². The van der Waals surface area contributed by atoms with Crippen LogP contribution < -0.4 is 15.1 Å². The molecule has 0 spiro atoms. The quantitative estimate of drug-likeness (QED) is 0.591. The molecular formula is C21H27N4O3+. The van der Waals surface area contributed by atoms with Gasteiger partial charge < -0.3 is 15.1 Å². The van der Waals surface area contributed by atoms with Gasteiger partial charge in [0.05, 0.1) is 31.1 Å². The van der Waals surface area contributed by atoms with Crippen LogP contribution in [0.4, 0.5) is 17.1 Å².